The summed E-state index contributed by atoms with van der Waals surface area (Å²) in [5, 5.41) is 14.2. The van der Waals surface area contributed by atoms with E-state index in [2.05, 4.69) is 17.6 Å². The van der Waals surface area contributed by atoms with Crippen LogP contribution >= 0.6 is 0 Å². The van der Waals surface area contributed by atoms with Crippen molar-refractivity contribution in [2.45, 2.75) is 45.4 Å². The van der Waals surface area contributed by atoms with Crippen LogP contribution < -0.4 is 10.6 Å². The molecule has 0 aromatic carbocycles. The van der Waals surface area contributed by atoms with Gasteiger partial charge in [-0.3, -0.25) is 0 Å². The van der Waals surface area contributed by atoms with Crippen LogP contribution in [0.25, 0.3) is 0 Å². The summed E-state index contributed by atoms with van der Waals surface area (Å²) in [5.41, 5.74) is 0. The first-order valence-corrected chi connectivity index (χ1v) is 6.85. The number of hydrogen-bond donors (Lipinski definition) is 3. The van der Waals surface area contributed by atoms with E-state index in [4.69, 9.17) is 5.11 Å². The molecule has 2 amide bonds. The minimum absolute atomic E-state index is 0.109. The monoisotopic (exact) mass is 242 g/mol. The molecule has 2 atom stereocenters. The number of amides is 2. The number of rotatable bonds is 6. The SMILES string of the molecule is CC1CCCC(CCNC(=O)NCCCO)C1. The van der Waals surface area contributed by atoms with Crippen LogP contribution in [0.5, 0.6) is 0 Å². The van der Waals surface area contributed by atoms with E-state index in [-0.39, 0.29) is 12.6 Å². The largest absolute Gasteiger partial charge is 0.396 e. The molecule has 3 N–H and O–H groups in total. The van der Waals surface area contributed by atoms with Crippen molar-refractivity contribution in [1.82, 2.24) is 10.6 Å². The van der Waals surface area contributed by atoms with Crippen molar-refractivity contribution in [3.63, 3.8) is 0 Å². The van der Waals surface area contributed by atoms with E-state index < -0.39 is 0 Å². The molecule has 4 heteroatoms. The van der Waals surface area contributed by atoms with E-state index in [1.165, 1.54) is 25.7 Å². The number of hydrogen-bond acceptors (Lipinski definition) is 2. The highest BCUT2D eigenvalue weighted by Gasteiger charge is 2.18. The van der Waals surface area contributed by atoms with Crippen LogP contribution in [0.1, 0.15) is 45.4 Å². The van der Waals surface area contributed by atoms with Crippen molar-refractivity contribution in [2.24, 2.45) is 11.8 Å². The van der Waals surface area contributed by atoms with Crippen LogP contribution in [0.15, 0.2) is 0 Å². The fourth-order valence-electron chi connectivity index (χ4n) is 2.56. The molecule has 0 spiro atoms. The van der Waals surface area contributed by atoms with Gasteiger partial charge in [-0.25, -0.2) is 4.79 Å². The van der Waals surface area contributed by atoms with Gasteiger partial charge in [0, 0.05) is 19.7 Å². The van der Waals surface area contributed by atoms with Gasteiger partial charge in [0.25, 0.3) is 0 Å². The Morgan fingerprint density at radius 1 is 1.29 bits per heavy atom. The normalized spacial score (nSPS) is 24.4. The first-order valence-electron chi connectivity index (χ1n) is 6.85. The Balaban J connectivity index is 2.00. The predicted molar refractivity (Wildman–Crippen MR) is 68.8 cm³/mol. The quantitative estimate of drug-likeness (QED) is 0.623. The van der Waals surface area contributed by atoms with Gasteiger partial charge in [-0.05, 0) is 31.1 Å². The number of urea groups is 1. The van der Waals surface area contributed by atoms with Gasteiger partial charge in [0.1, 0.15) is 0 Å². The lowest BCUT2D eigenvalue weighted by molar-refractivity contribution is 0.233. The van der Waals surface area contributed by atoms with Gasteiger partial charge < -0.3 is 15.7 Å². The molecular weight excluding hydrogens is 216 g/mol. The Hall–Kier alpha value is -0.770. The smallest absolute Gasteiger partial charge is 0.314 e. The average Bonchev–Trinajstić information content (AvgIpc) is 2.29. The summed E-state index contributed by atoms with van der Waals surface area (Å²) < 4.78 is 0. The fraction of sp³-hybridized carbons (Fsp3) is 0.923. The van der Waals surface area contributed by atoms with E-state index in [1.807, 2.05) is 0 Å². The van der Waals surface area contributed by atoms with E-state index >= 15 is 0 Å². The summed E-state index contributed by atoms with van der Waals surface area (Å²) in [6.45, 7) is 3.76. The molecular formula is C13H26N2O2. The highest BCUT2D eigenvalue weighted by molar-refractivity contribution is 5.73. The molecule has 0 heterocycles. The third-order valence-electron chi connectivity index (χ3n) is 3.50. The zero-order valence-electron chi connectivity index (χ0n) is 10.9. The first kappa shape index (κ1) is 14.3. The number of carbonyl (C=O) groups excluding carboxylic acids is 1. The highest BCUT2D eigenvalue weighted by Crippen LogP contribution is 2.30. The molecule has 1 saturated carbocycles. The molecule has 0 bridgehead atoms. The van der Waals surface area contributed by atoms with Gasteiger partial charge in [-0.1, -0.05) is 26.2 Å². The molecule has 100 valence electrons. The molecule has 1 rings (SSSR count). The van der Waals surface area contributed by atoms with E-state index in [1.54, 1.807) is 0 Å². The van der Waals surface area contributed by atoms with Crippen molar-refractivity contribution in [2.75, 3.05) is 19.7 Å². The summed E-state index contributed by atoms with van der Waals surface area (Å²) in [4.78, 5) is 11.3. The van der Waals surface area contributed by atoms with Crippen molar-refractivity contribution >= 4 is 6.03 Å². The van der Waals surface area contributed by atoms with Crippen LogP contribution in [0, 0.1) is 11.8 Å². The van der Waals surface area contributed by atoms with Gasteiger partial charge in [0.2, 0.25) is 0 Å². The van der Waals surface area contributed by atoms with Crippen LogP contribution in [-0.4, -0.2) is 30.8 Å². The Labute approximate surface area is 104 Å². The second-order valence-corrected chi connectivity index (χ2v) is 5.19. The molecule has 0 radical (unpaired) electrons. The number of aliphatic hydroxyl groups excluding tert-OH is 1. The lowest BCUT2D eigenvalue weighted by atomic mass is 9.81. The maximum absolute atomic E-state index is 11.3. The van der Waals surface area contributed by atoms with Crippen molar-refractivity contribution in [3.8, 4) is 0 Å². The molecule has 0 saturated heterocycles. The standard InChI is InChI=1S/C13H26N2O2/c1-11-4-2-5-12(10-11)6-8-15-13(17)14-7-3-9-16/h11-12,16H,2-10H2,1H3,(H2,14,15,17). The van der Waals surface area contributed by atoms with Gasteiger partial charge in [0.05, 0.1) is 0 Å². The van der Waals surface area contributed by atoms with Crippen LogP contribution in [0.2, 0.25) is 0 Å². The average molecular weight is 242 g/mol. The summed E-state index contributed by atoms with van der Waals surface area (Å²) in [6, 6.07) is -0.109. The zero-order valence-corrected chi connectivity index (χ0v) is 10.9. The minimum Gasteiger partial charge on any atom is -0.396 e. The van der Waals surface area contributed by atoms with E-state index in [0.29, 0.717) is 13.0 Å². The van der Waals surface area contributed by atoms with Crippen molar-refractivity contribution in [1.29, 1.82) is 0 Å². The topological polar surface area (TPSA) is 61.4 Å². The maximum atomic E-state index is 11.3. The van der Waals surface area contributed by atoms with Gasteiger partial charge in [-0.15, -0.1) is 0 Å². The van der Waals surface area contributed by atoms with Crippen LogP contribution in [-0.2, 0) is 0 Å². The molecule has 4 nitrogen and oxygen atoms in total. The molecule has 1 aliphatic carbocycles. The lowest BCUT2D eigenvalue weighted by Crippen LogP contribution is -2.37. The summed E-state index contributed by atoms with van der Waals surface area (Å²) in [6.07, 6.45) is 7.05. The lowest BCUT2D eigenvalue weighted by Gasteiger charge is -2.26. The number of aliphatic hydroxyl groups is 1. The first-order chi connectivity index (χ1) is 8.22. The second kappa shape index (κ2) is 8.34. The molecule has 1 aliphatic rings. The molecule has 0 aliphatic heterocycles. The fourth-order valence-corrected chi connectivity index (χ4v) is 2.56. The van der Waals surface area contributed by atoms with E-state index in [9.17, 15) is 4.79 Å². The Morgan fingerprint density at radius 2 is 2.06 bits per heavy atom. The van der Waals surface area contributed by atoms with Crippen molar-refractivity contribution in [3.05, 3.63) is 0 Å². The summed E-state index contributed by atoms with van der Waals surface area (Å²) in [7, 11) is 0. The predicted octanol–water partition coefficient (Wildman–Crippen LogP) is 1.88. The Morgan fingerprint density at radius 3 is 2.76 bits per heavy atom. The third kappa shape index (κ3) is 6.51. The third-order valence-corrected chi connectivity index (χ3v) is 3.50. The summed E-state index contributed by atoms with van der Waals surface area (Å²) in [5.74, 6) is 1.64. The zero-order chi connectivity index (χ0) is 12.5. The van der Waals surface area contributed by atoms with Crippen molar-refractivity contribution < 1.29 is 9.90 Å². The van der Waals surface area contributed by atoms with Crippen LogP contribution in [0.4, 0.5) is 4.79 Å². The van der Waals surface area contributed by atoms with Gasteiger partial charge in [0.15, 0.2) is 0 Å². The maximum Gasteiger partial charge on any atom is 0.314 e. The summed E-state index contributed by atoms with van der Waals surface area (Å²) >= 11 is 0. The van der Waals surface area contributed by atoms with E-state index in [0.717, 1.165) is 24.8 Å². The second-order valence-electron chi connectivity index (χ2n) is 5.19. The minimum atomic E-state index is -0.109. The Bertz CT molecular complexity index is 221. The van der Waals surface area contributed by atoms with Gasteiger partial charge in [-0.2, -0.15) is 0 Å². The highest BCUT2D eigenvalue weighted by atomic mass is 16.3. The molecule has 2 unspecified atom stereocenters. The molecule has 17 heavy (non-hydrogen) atoms. The Kier molecular flexibility index (Phi) is 7.01. The van der Waals surface area contributed by atoms with Crippen LogP contribution in [0.3, 0.4) is 0 Å². The number of nitrogens with one attached hydrogen (secondary N) is 2. The molecule has 1 fully saturated rings. The van der Waals surface area contributed by atoms with Gasteiger partial charge >= 0.3 is 6.03 Å². The molecule has 0 aromatic heterocycles. The molecule has 0 aromatic rings. The number of carbonyl (C=O) groups is 1.